The van der Waals surface area contributed by atoms with Gasteiger partial charge in [-0.15, -0.1) is 0 Å². The third kappa shape index (κ3) is 3.58. The van der Waals surface area contributed by atoms with Gasteiger partial charge in [0.1, 0.15) is 5.15 Å². The molecule has 1 aliphatic carbocycles. The third-order valence-electron chi connectivity index (χ3n) is 4.43. The minimum absolute atomic E-state index is 0.123. The molecule has 1 unspecified atom stereocenters. The average molecular weight is 332 g/mol. The van der Waals surface area contributed by atoms with Crippen LogP contribution in [0, 0.1) is 19.8 Å². The summed E-state index contributed by atoms with van der Waals surface area (Å²) in [5.41, 5.74) is 3.48. The van der Waals surface area contributed by atoms with E-state index in [1.807, 2.05) is 6.92 Å². The molecule has 1 N–H and O–H groups in total. The molecular weight excluding hydrogens is 310 g/mol. The lowest BCUT2D eigenvalue weighted by molar-refractivity contribution is 0.0935. The SMILES string of the molecule is Cc1ccc(Cn2nc(C)c(C(=O)NC(C)C3CC3)c2Cl)cc1. The van der Waals surface area contributed by atoms with Crippen LogP contribution in [0.1, 0.15) is 46.9 Å². The van der Waals surface area contributed by atoms with E-state index in [4.69, 9.17) is 11.6 Å². The van der Waals surface area contributed by atoms with Crippen molar-refractivity contribution in [1.82, 2.24) is 15.1 Å². The number of amides is 1. The van der Waals surface area contributed by atoms with Gasteiger partial charge in [-0.3, -0.25) is 4.79 Å². The maximum Gasteiger partial charge on any atom is 0.256 e. The van der Waals surface area contributed by atoms with Gasteiger partial charge >= 0.3 is 0 Å². The summed E-state index contributed by atoms with van der Waals surface area (Å²) in [5.74, 6) is 0.489. The Morgan fingerprint density at radius 3 is 2.61 bits per heavy atom. The van der Waals surface area contributed by atoms with Crippen LogP contribution in [-0.4, -0.2) is 21.7 Å². The van der Waals surface area contributed by atoms with Gasteiger partial charge in [-0.05, 0) is 45.1 Å². The van der Waals surface area contributed by atoms with E-state index in [1.54, 1.807) is 4.68 Å². The Kier molecular flexibility index (Phi) is 4.44. The number of aryl methyl sites for hydroxylation is 2. The Balaban J connectivity index is 1.78. The van der Waals surface area contributed by atoms with Crippen molar-refractivity contribution in [2.24, 2.45) is 5.92 Å². The molecular formula is C18H22ClN3O. The molecule has 0 bridgehead atoms. The predicted molar refractivity (Wildman–Crippen MR) is 91.9 cm³/mol. The minimum Gasteiger partial charge on any atom is -0.349 e. The maximum absolute atomic E-state index is 12.5. The van der Waals surface area contributed by atoms with E-state index < -0.39 is 0 Å². The number of hydrogen-bond donors (Lipinski definition) is 1. The molecule has 1 aromatic heterocycles. The average Bonchev–Trinajstić information content (AvgIpc) is 3.29. The summed E-state index contributed by atoms with van der Waals surface area (Å²) >= 11 is 6.42. The number of nitrogens with zero attached hydrogens (tertiary/aromatic N) is 2. The van der Waals surface area contributed by atoms with Crippen molar-refractivity contribution in [2.45, 2.75) is 46.2 Å². The molecule has 1 aliphatic rings. The molecule has 3 rings (SSSR count). The van der Waals surface area contributed by atoms with Gasteiger partial charge < -0.3 is 5.32 Å². The zero-order valence-electron chi connectivity index (χ0n) is 13.8. The second-order valence-electron chi connectivity index (χ2n) is 6.49. The first-order valence-corrected chi connectivity index (χ1v) is 8.43. The number of rotatable bonds is 5. The van der Waals surface area contributed by atoms with E-state index in [2.05, 4.69) is 48.5 Å². The van der Waals surface area contributed by atoms with Gasteiger partial charge in [0.25, 0.3) is 5.91 Å². The monoisotopic (exact) mass is 331 g/mol. The number of aromatic nitrogens is 2. The smallest absolute Gasteiger partial charge is 0.256 e. The topological polar surface area (TPSA) is 46.9 Å². The molecule has 23 heavy (non-hydrogen) atoms. The second kappa shape index (κ2) is 6.36. The molecule has 1 amide bonds. The zero-order chi connectivity index (χ0) is 16.6. The molecule has 1 aromatic carbocycles. The molecule has 1 saturated carbocycles. The van der Waals surface area contributed by atoms with Crippen LogP contribution in [0.5, 0.6) is 0 Å². The van der Waals surface area contributed by atoms with Crippen molar-refractivity contribution in [1.29, 1.82) is 0 Å². The minimum atomic E-state index is -0.123. The molecule has 0 saturated heterocycles. The third-order valence-corrected chi connectivity index (χ3v) is 4.82. The van der Waals surface area contributed by atoms with E-state index in [1.165, 1.54) is 18.4 Å². The summed E-state index contributed by atoms with van der Waals surface area (Å²) in [6, 6.07) is 8.42. The summed E-state index contributed by atoms with van der Waals surface area (Å²) in [6.45, 7) is 6.49. The molecule has 122 valence electrons. The first-order valence-electron chi connectivity index (χ1n) is 8.05. The Morgan fingerprint density at radius 2 is 2.00 bits per heavy atom. The van der Waals surface area contributed by atoms with Gasteiger partial charge in [-0.25, -0.2) is 4.68 Å². The Hall–Kier alpha value is -1.81. The number of hydrogen-bond acceptors (Lipinski definition) is 2. The predicted octanol–water partition coefficient (Wildman–Crippen LogP) is 3.73. The summed E-state index contributed by atoms with van der Waals surface area (Å²) in [4.78, 5) is 12.5. The van der Waals surface area contributed by atoms with Crippen molar-refractivity contribution >= 4 is 17.5 Å². The second-order valence-corrected chi connectivity index (χ2v) is 6.85. The van der Waals surface area contributed by atoms with Crippen LogP contribution in [0.4, 0.5) is 0 Å². The highest BCUT2D eigenvalue weighted by molar-refractivity contribution is 6.33. The highest BCUT2D eigenvalue weighted by Crippen LogP contribution is 2.32. The van der Waals surface area contributed by atoms with Gasteiger partial charge in [-0.2, -0.15) is 5.10 Å². The Labute approximate surface area is 141 Å². The van der Waals surface area contributed by atoms with Crippen molar-refractivity contribution < 1.29 is 4.79 Å². The lowest BCUT2D eigenvalue weighted by atomic mass is 10.1. The lowest BCUT2D eigenvalue weighted by Gasteiger charge is -2.12. The highest BCUT2D eigenvalue weighted by atomic mass is 35.5. The van der Waals surface area contributed by atoms with Crippen molar-refractivity contribution in [3.8, 4) is 0 Å². The van der Waals surface area contributed by atoms with Crippen LogP contribution in [0.2, 0.25) is 5.15 Å². The largest absolute Gasteiger partial charge is 0.349 e. The van der Waals surface area contributed by atoms with Crippen LogP contribution < -0.4 is 5.32 Å². The van der Waals surface area contributed by atoms with Gasteiger partial charge in [0.2, 0.25) is 0 Å². The molecule has 1 atom stereocenters. The fraction of sp³-hybridized carbons (Fsp3) is 0.444. The standard InChI is InChI=1S/C18H22ClN3O/c1-11-4-6-14(7-5-11)10-22-17(19)16(13(3)21-22)18(23)20-12(2)15-8-9-15/h4-7,12,15H,8-10H2,1-3H3,(H,20,23). The van der Waals surface area contributed by atoms with Gasteiger partial charge in [-0.1, -0.05) is 41.4 Å². The van der Waals surface area contributed by atoms with E-state index in [0.29, 0.717) is 28.9 Å². The van der Waals surface area contributed by atoms with Crippen molar-refractivity contribution in [3.63, 3.8) is 0 Å². The lowest BCUT2D eigenvalue weighted by Crippen LogP contribution is -2.34. The fourth-order valence-electron chi connectivity index (χ4n) is 2.78. The number of halogens is 1. The Morgan fingerprint density at radius 1 is 1.35 bits per heavy atom. The van der Waals surface area contributed by atoms with E-state index in [9.17, 15) is 4.79 Å². The summed E-state index contributed by atoms with van der Waals surface area (Å²) in [5, 5.41) is 7.89. The van der Waals surface area contributed by atoms with Crippen LogP contribution in [0.15, 0.2) is 24.3 Å². The van der Waals surface area contributed by atoms with Gasteiger partial charge in [0.15, 0.2) is 0 Å². The highest BCUT2D eigenvalue weighted by Gasteiger charge is 2.30. The van der Waals surface area contributed by atoms with Crippen LogP contribution in [-0.2, 0) is 6.54 Å². The molecule has 1 heterocycles. The van der Waals surface area contributed by atoms with E-state index >= 15 is 0 Å². The summed E-state index contributed by atoms with van der Waals surface area (Å²) in [7, 11) is 0. The zero-order valence-corrected chi connectivity index (χ0v) is 14.5. The van der Waals surface area contributed by atoms with Crippen LogP contribution in [0.25, 0.3) is 0 Å². The molecule has 5 heteroatoms. The maximum atomic E-state index is 12.5. The first-order chi connectivity index (χ1) is 11.0. The molecule has 4 nitrogen and oxygen atoms in total. The number of benzene rings is 1. The Bertz CT molecular complexity index is 717. The molecule has 0 aliphatic heterocycles. The summed E-state index contributed by atoms with van der Waals surface area (Å²) in [6.07, 6.45) is 2.39. The molecule has 1 fully saturated rings. The fourth-order valence-corrected chi connectivity index (χ4v) is 3.10. The first kappa shape index (κ1) is 16.1. The van der Waals surface area contributed by atoms with Crippen LogP contribution in [0.3, 0.4) is 0 Å². The summed E-state index contributed by atoms with van der Waals surface area (Å²) < 4.78 is 1.69. The number of carbonyl (C=O) groups excluding carboxylic acids is 1. The molecule has 0 radical (unpaired) electrons. The van der Waals surface area contributed by atoms with E-state index in [-0.39, 0.29) is 11.9 Å². The molecule has 0 spiro atoms. The number of carbonyl (C=O) groups is 1. The van der Waals surface area contributed by atoms with E-state index in [0.717, 1.165) is 5.56 Å². The normalized spacial score (nSPS) is 15.5. The number of nitrogens with one attached hydrogen (secondary N) is 1. The quantitative estimate of drug-likeness (QED) is 0.907. The van der Waals surface area contributed by atoms with Crippen LogP contribution >= 0.6 is 11.6 Å². The molecule has 2 aromatic rings. The van der Waals surface area contributed by atoms with Gasteiger partial charge in [0.05, 0.1) is 17.8 Å². The van der Waals surface area contributed by atoms with Crippen molar-refractivity contribution in [3.05, 3.63) is 51.8 Å². The van der Waals surface area contributed by atoms with Gasteiger partial charge in [0, 0.05) is 6.04 Å². The van der Waals surface area contributed by atoms with Crippen molar-refractivity contribution in [2.75, 3.05) is 0 Å².